The van der Waals surface area contributed by atoms with Crippen molar-refractivity contribution < 1.29 is 33.8 Å². The molecule has 2 aromatic rings. The molecule has 10 heteroatoms. The summed E-state index contributed by atoms with van der Waals surface area (Å²) in [6.45, 7) is 6.90. The number of nitrogens with zero attached hydrogens (tertiary/aromatic N) is 1. The first kappa shape index (κ1) is 25.5. The molecule has 35 heavy (non-hydrogen) atoms. The number of nitrogens with one attached hydrogen (secondary N) is 1. The maximum atomic E-state index is 13.2. The van der Waals surface area contributed by atoms with Gasteiger partial charge in [0.1, 0.15) is 5.57 Å². The van der Waals surface area contributed by atoms with Gasteiger partial charge in [-0.1, -0.05) is 23.7 Å². The van der Waals surface area contributed by atoms with Gasteiger partial charge in [-0.2, -0.15) is 0 Å². The van der Waals surface area contributed by atoms with Crippen molar-refractivity contribution in [3.8, 4) is 11.5 Å². The average Bonchev–Trinajstić information content (AvgIpc) is 2.78. The van der Waals surface area contributed by atoms with Crippen LogP contribution in [0.1, 0.15) is 23.6 Å². The molecular weight excluding hydrogens is 476 g/mol. The molecule has 9 nitrogen and oxygen atoms in total. The first-order valence-electron chi connectivity index (χ1n) is 10.6. The van der Waals surface area contributed by atoms with Crippen LogP contribution in [0.25, 0.3) is 6.08 Å². The molecule has 182 valence electrons. The summed E-state index contributed by atoms with van der Waals surface area (Å²) < 4.78 is 11.1. The third-order valence-electron chi connectivity index (χ3n) is 4.98. The minimum Gasteiger partial charge on any atom is -0.490 e. The molecule has 2 aromatic carbocycles. The first-order chi connectivity index (χ1) is 16.7. The van der Waals surface area contributed by atoms with E-state index in [1.165, 1.54) is 18.2 Å². The van der Waals surface area contributed by atoms with Gasteiger partial charge in [0, 0.05) is 10.6 Å². The molecule has 1 aliphatic rings. The largest absolute Gasteiger partial charge is 0.490 e. The van der Waals surface area contributed by atoms with Crippen molar-refractivity contribution in [2.45, 2.75) is 20.3 Å². The Bertz CT molecular complexity index is 1250. The minimum atomic E-state index is -1.16. The van der Waals surface area contributed by atoms with Crippen LogP contribution < -0.4 is 19.7 Å². The van der Waals surface area contributed by atoms with Crippen LogP contribution in [0.2, 0.25) is 5.02 Å². The quantitative estimate of drug-likeness (QED) is 0.305. The Kier molecular flexibility index (Phi) is 7.93. The van der Waals surface area contributed by atoms with Gasteiger partial charge in [0.2, 0.25) is 0 Å². The summed E-state index contributed by atoms with van der Waals surface area (Å²) in [6, 6.07) is 6.92. The molecule has 4 amide bonds. The van der Waals surface area contributed by atoms with Crippen LogP contribution in [0.15, 0.2) is 48.6 Å². The molecule has 0 radical (unpaired) electrons. The van der Waals surface area contributed by atoms with Crippen molar-refractivity contribution in [3.63, 3.8) is 0 Å². The van der Waals surface area contributed by atoms with Gasteiger partial charge in [-0.15, -0.1) is 6.58 Å². The molecule has 1 fully saturated rings. The predicted molar refractivity (Wildman–Crippen MR) is 130 cm³/mol. The zero-order valence-corrected chi connectivity index (χ0v) is 19.8. The zero-order valence-electron chi connectivity index (χ0n) is 19.1. The number of carboxylic acids is 1. The number of rotatable bonds is 9. The van der Waals surface area contributed by atoms with E-state index in [4.69, 9.17) is 26.2 Å². The summed E-state index contributed by atoms with van der Waals surface area (Å²) in [5.41, 5.74) is 1.63. The Hall–Kier alpha value is -4.11. The number of halogens is 1. The van der Waals surface area contributed by atoms with Crippen LogP contribution >= 0.6 is 11.6 Å². The summed E-state index contributed by atoms with van der Waals surface area (Å²) >= 11 is 6.16. The number of anilines is 1. The Morgan fingerprint density at radius 1 is 1.20 bits per heavy atom. The summed E-state index contributed by atoms with van der Waals surface area (Å²) in [7, 11) is 0. The van der Waals surface area contributed by atoms with Crippen LogP contribution in [0.4, 0.5) is 10.5 Å². The van der Waals surface area contributed by atoms with Gasteiger partial charge in [0.05, 0.1) is 12.3 Å². The molecule has 0 aromatic heterocycles. The van der Waals surface area contributed by atoms with Gasteiger partial charge in [0.25, 0.3) is 11.8 Å². The fourth-order valence-corrected chi connectivity index (χ4v) is 3.59. The number of carbonyl (C=O) groups excluding carboxylic acids is 3. The molecule has 1 aliphatic heterocycles. The highest BCUT2D eigenvalue weighted by Crippen LogP contribution is 2.35. The van der Waals surface area contributed by atoms with Gasteiger partial charge in [-0.3, -0.25) is 14.9 Å². The van der Waals surface area contributed by atoms with E-state index < -0.39 is 30.4 Å². The highest BCUT2D eigenvalue weighted by atomic mass is 35.5. The number of aryl methyl sites for hydroxylation is 1. The fraction of sp³-hybridized carbons (Fsp3) is 0.200. The normalized spacial score (nSPS) is 14.7. The maximum absolute atomic E-state index is 13.2. The second kappa shape index (κ2) is 10.9. The first-order valence-corrected chi connectivity index (χ1v) is 11.0. The van der Waals surface area contributed by atoms with Crippen molar-refractivity contribution in [2.24, 2.45) is 0 Å². The Morgan fingerprint density at radius 2 is 1.94 bits per heavy atom. The van der Waals surface area contributed by atoms with Gasteiger partial charge in [0.15, 0.2) is 18.1 Å². The number of ether oxygens (including phenoxy) is 2. The Morgan fingerprint density at radius 3 is 2.57 bits per heavy atom. The lowest BCUT2D eigenvalue weighted by molar-refractivity contribution is -0.139. The smallest absolute Gasteiger partial charge is 0.341 e. The topological polar surface area (TPSA) is 122 Å². The van der Waals surface area contributed by atoms with Gasteiger partial charge in [-0.05, 0) is 61.7 Å². The van der Waals surface area contributed by atoms with Gasteiger partial charge < -0.3 is 14.6 Å². The molecular formula is C25H23ClN2O7. The monoisotopic (exact) mass is 498 g/mol. The van der Waals surface area contributed by atoms with E-state index in [2.05, 4.69) is 11.9 Å². The molecule has 1 heterocycles. The van der Waals surface area contributed by atoms with E-state index in [0.717, 1.165) is 10.5 Å². The standard InChI is InChI=1S/C25H23ClN2O7/c1-4-6-16-9-15(11-20(34-5-2)22(16)35-13-21(29)30)10-18-23(31)27-25(33)28(24(18)32)17-8-7-14(3)19(26)12-17/h4,7-12H,1,5-6,13H2,2-3H3,(H,29,30)(H,27,31,33)/b18-10-. The highest BCUT2D eigenvalue weighted by molar-refractivity contribution is 6.39. The number of amides is 4. The number of imide groups is 2. The van der Waals surface area contributed by atoms with Crippen LogP contribution in [0.5, 0.6) is 11.5 Å². The molecule has 0 saturated carbocycles. The van der Waals surface area contributed by atoms with Gasteiger partial charge >= 0.3 is 12.0 Å². The number of benzene rings is 2. The predicted octanol–water partition coefficient (Wildman–Crippen LogP) is 3.91. The molecule has 1 saturated heterocycles. The third kappa shape index (κ3) is 5.70. The Balaban J connectivity index is 2.08. The fourth-order valence-electron chi connectivity index (χ4n) is 3.41. The van der Waals surface area contributed by atoms with E-state index in [-0.39, 0.29) is 29.4 Å². The summed E-state index contributed by atoms with van der Waals surface area (Å²) in [5, 5.41) is 11.5. The molecule has 0 unspecified atom stereocenters. The number of allylic oxidation sites excluding steroid dienone is 1. The molecule has 0 spiro atoms. The van der Waals surface area contributed by atoms with Crippen LogP contribution in [-0.2, 0) is 20.8 Å². The summed E-state index contributed by atoms with van der Waals surface area (Å²) in [4.78, 5) is 50.1. The van der Waals surface area contributed by atoms with E-state index in [1.807, 2.05) is 0 Å². The van der Waals surface area contributed by atoms with Gasteiger partial charge in [-0.25, -0.2) is 14.5 Å². The highest BCUT2D eigenvalue weighted by Gasteiger charge is 2.37. The molecule has 3 rings (SSSR count). The average molecular weight is 499 g/mol. The SMILES string of the molecule is C=CCc1cc(/C=C2/C(=O)NC(=O)N(c3ccc(C)c(Cl)c3)C2=O)cc(OCC)c1OCC(=O)O. The van der Waals surface area contributed by atoms with Crippen LogP contribution in [0.3, 0.4) is 0 Å². The second-order valence-electron chi connectivity index (χ2n) is 7.51. The maximum Gasteiger partial charge on any atom is 0.341 e. The van der Waals surface area contributed by atoms with Crippen molar-refractivity contribution in [1.29, 1.82) is 0 Å². The Labute approximate surface area is 206 Å². The molecule has 0 bridgehead atoms. The molecule has 0 aliphatic carbocycles. The minimum absolute atomic E-state index is 0.210. The number of hydrogen-bond donors (Lipinski definition) is 2. The van der Waals surface area contributed by atoms with Crippen LogP contribution in [0, 0.1) is 6.92 Å². The van der Waals surface area contributed by atoms with Crippen molar-refractivity contribution >= 4 is 47.2 Å². The number of barbiturate groups is 1. The lowest BCUT2D eigenvalue weighted by Gasteiger charge is -2.26. The summed E-state index contributed by atoms with van der Waals surface area (Å²) in [6.07, 6.45) is 3.22. The van der Waals surface area contributed by atoms with Crippen molar-refractivity contribution in [2.75, 3.05) is 18.1 Å². The van der Waals surface area contributed by atoms with Crippen molar-refractivity contribution in [1.82, 2.24) is 5.32 Å². The van der Waals surface area contributed by atoms with Crippen LogP contribution in [-0.4, -0.2) is 42.1 Å². The number of urea groups is 1. The number of carboxylic acid groups (broad SMARTS) is 1. The number of hydrogen-bond acceptors (Lipinski definition) is 6. The molecule has 2 N–H and O–H groups in total. The van der Waals surface area contributed by atoms with E-state index in [0.29, 0.717) is 22.6 Å². The third-order valence-corrected chi connectivity index (χ3v) is 5.39. The zero-order chi connectivity index (χ0) is 25.7. The molecule has 0 atom stereocenters. The van der Waals surface area contributed by atoms with E-state index in [9.17, 15) is 19.2 Å². The lowest BCUT2D eigenvalue weighted by Crippen LogP contribution is -2.54. The van der Waals surface area contributed by atoms with Crippen molar-refractivity contribution in [3.05, 3.63) is 70.3 Å². The van der Waals surface area contributed by atoms with E-state index >= 15 is 0 Å². The lowest BCUT2D eigenvalue weighted by atomic mass is 10.0. The second-order valence-corrected chi connectivity index (χ2v) is 7.91. The number of aliphatic carboxylic acids is 1. The number of carbonyl (C=O) groups is 4. The van der Waals surface area contributed by atoms with E-state index in [1.54, 1.807) is 38.1 Å². The summed E-state index contributed by atoms with van der Waals surface area (Å²) in [5.74, 6) is -2.38.